The molecule has 3 nitrogen and oxygen atoms in total. The Morgan fingerprint density at radius 2 is 2.25 bits per heavy atom. The van der Waals surface area contributed by atoms with Crippen LogP contribution in [0.2, 0.25) is 0 Å². The smallest absolute Gasteiger partial charge is 0.0702 e. The van der Waals surface area contributed by atoms with Crippen LogP contribution in [0.5, 0.6) is 0 Å². The average molecular weight is 269 g/mol. The van der Waals surface area contributed by atoms with E-state index in [-0.39, 0.29) is 0 Å². The first-order chi connectivity index (χ1) is 9.72. The van der Waals surface area contributed by atoms with E-state index in [0.29, 0.717) is 6.04 Å². The molecule has 2 aromatic rings. The van der Waals surface area contributed by atoms with E-state index >= 15 is 0 Å². The zero-order valence-electron chi connectivity index (χ0n) is 12.3. The number of hydrogen-bond donors (Lipinski definition) is 1. The lowest BCUT2D eigenvalue weighted by Crippen LogP contribution is -2.46. The molecule has 106 valence electrons. The standard InChI is InChI=1S/C17H23N3/c1-13-12-20(2)9-7-16(13)19-11-14-5-6-17-15(10-14)4-3-8-18-17/h3-6,8,10,13,16,19H,7,9,11-12H2,1-2H3. The molecule has 3 heteroatoms. The number of piperidine rings is 1. The van der Waals surface area contributed by atoms with Crippen molar-refractivity contribution in [3.63, 3.8) is 0 Å². The molecule has 1 aliphatic heterocycles. The van der Waals surface area contributed by atoms with E-state index in [4.69, 9.17) is 0 Å². The minimum atomic E-state index is 0.635. The monoisotopic (exact) mass is 269 g/mol. The summed E-state index contributed by atoms with van der Waals surface area (Å²) in [5, 5.41) is 4.95. The second kappa shape index (κ2) is 5.90. The molecular formula is C17H23N3. The van der Waals surface area contributed by atoms with Crippen molar-refractivity contribution in [3.8, 4) is 0 Å². The Balaban J connectivity index is 1.65. The van der Waals surface area contributed by atoms with Crippen LogP contribution in [0.1, 0.15) is 18.9 Å². The van der Waals surface area contributed by atoms with E-state index in [9.17, 15) is 0 Å². The van der Waals surface area contributed by atoms with Crippen molar-refractivity contribution < 1.29 is 0 Å². The number of aromatic nitrogens is 1. The molecule has 0 aliphatic carbocycles. The quantitative estimate of drug-likeness (QED) is 0.928. The molecule has 2 heterocycles. The van der Waals surface area contributed by atoms with E-state index in [0.717, 1.165) is 18.0 Å². The van der Waals surface area contributed by atoms with Crippen LogP contribution in [0.15, 0.2) is 36.5 Å². The first kappa shape index (κ1) is 13.5. The van der Waals surface area contributed by atoms with Gasteiger partial charge in [-0.3, -0.25) is 4.98 Å². The molecule has 1 aliphatic rings. The van der Waals surface area contributed by atoms with E-state index in [2.05, 4.69) is 53.4 Å². The van der Waals surface area contributed by atoms with Gasteiger partial charge in [-0.15, -0.1) is 0 Å². The van der Waals surface area contributed by atoms with Crippen LogP contribution >= 0.6 is 0 Å². The van der Waals surface area contributed by atoms with Crippen LogP contribution in [0.25, 0.3) is 10.9 Å². The van der Waals surface area contributed by atoms with Crippen LogP contribution < -0.4 is 5.32 Å². The van der Waals surface area contributed by atoms with Gasteiger partial charge in [0.05, 0.1) is 5.52 Å². The fourth-order valence-corrected chi connectivity index (χ4v) is 3.14. The van der Waals surface area contributed by atoms with Crippen LogP contribution in [0, 0.1) is 5.92 Å². The zero-order chi connectivity index (χ0) is 13.9. The lowest BCUT2D eigenvalue weighted by molar-refractivity contribution is 0.174. The van der Waals surface area contributed by atoms with Gasteiger partial charge in [0.2, 0.25) is 0 Å². The highest BCUT2D eigenvalue weighted by molar-refractivity contribution is 5.78. The number of pyridine rings is 1. The summed E-state index contributed by atoms with van der Waals surface area (Å²) in [6.45, 7) is 5.68. The summed E-state index contributed by atoms with van der Waals surface area (Å²) in [7, 11) is 2.21. The van der Waals surface area contributed by atoms with E-state index < -0.39 is 0 Å². The van der Waals surface area contributed by atoms with Crippen molar-refractivity contribution in [1.82, 2.24) is 15.2 Å². The van der Waals surface area contributed by atoms with Crippen molar-refractivity contribution in [2.45, 2.75) is 25.9 Å². The van der Waals surface area contributed by atoms with E-state index in [1.54, 1.807) is 0 Å². The largest absolute Gasteiger partial charge is 0.310 e. The third kappa shape index (κ3) is 3.00. The number of likely N-dealkylation sites (tertiary alicyclic amines) is 1. The fourth-order valence-electron chi connectivity index (χ4n) is 3.14. The summed E-state index contributed by atoms with van der Waals surface area (Å²) >= 11 is 0. The molecule has 0 radical (unpaired) electrons. The molecule has 3 rings (SSSR count). The van der Waals surface area contributed by atoms with Gasteiger partial charge < -0.3 is 10.2 Å². The molecule has 0 amide bonds. The van der Waals surface area contributed by atoms with Gasteiger partial charge >= 0.3 is 0 Å². The Morgan fingerprint density at radius 3 is 3.10 bits per heavy atom. The van der Waals surface area contributed by atoms with Crippen LogP contribution in [0.3, 0.4) is 0 Å². The fraction of sp³-hybridized carbons (Fsp3) is 0.471. The number of rotatable bonds is 3. The lowest BCUT2D eigenvalue weighted by atomic mass is 9.94. The normalized spacial score (nSPS) is 24.1. The van der Waals surface area contributed by atoms with Crippen molar-refractivity contribution in [1.29, 1.82) is 0 Å². The molecular weight excluding hydrogens is 246 g/mol. The van der Waals surface area contributed by atoms with Gasteiger partial charge in [0, 0.05) is 30.7 Å². The summed E-state index contributed by atoms with van der Waals surface area (Å²) in [5.41, 5.74) is 2.42. The SMILES string of the molecule is CC1CN(C)CCC1NCc1ccc2ncccc2c1. The first-order valence-corrected chi connectivity index (χ1v) is 7.48. The third-order valence-electron chi connectivity index (χ3n) is 4.34. The molecule has 2 atom stereocenters. The molecule has 0 saturated carbocycles. The predicted octanol–water partition coefficient (Wildman–Crippen LogP) is 2.66. The number of hydrogen-bond acceptors (Lipinski definition) is 3. The van der Waals surface area contributed by atoms with Gasteiger partial charge in [0.15, 0.2) is 0 Å². The lowest BCUT2D eigenvalue weighted by Gasteiger charge is -2.35. The third-order valence-corrected chi connectivity index (χ3v) is 4.34. The van der Waals surface area contributed by atoms with Gasteiger partial charge in [-0.1, -0.05) is 19.1 Å². The summed E-state index contributed by atoms with van der Waals surface area (Å²) < 4.78 is 0. The molecule has 1 aromatic carbocycles. The molecule has 2 unspecified atom stereocenters. The molecule has 0 spiro atoms. The molecule has 1 aromatic heterocycles. The predicted molar refractivity (Wildman–Crippen MR) is 83.6 cm³/mol. The molecule has 20 heavy (non-hydrogen) atoms. The highest BCUT2D eigenvalue weighted by Gasteiger charge is 2.23. The van der Waals surface area contributed by atoms with Crippen LogP contribution in [-0.2, 0) is 6.54 Å². The molecule has 1 N–H and O–H groups in total. The minimum absolute atomic E-state index is 0.635. The Kier molecular flexibility index (Phi) is 3.99. The van der Waals surface area contributed by atoms with Gasteiger partial charge in [-0.05, 0) is 49.7 Å². The highest BCUT2D eigenvalue weighted by Crippen LogP contribution is 2.17. The molecule has 0 bridgehead atoms. The highest BCUT2D eigenvalue weighted by atomic mass is 15.1. The van der Waals surface area contributed by atoms with Crippen molar-refractivity contribution >= 4 is 10.9 Å². The average Bonchev–Trinajstić information content (AvgIpc) is 2.46. The summed E-state index contributed by atoms with van der Waals surface area (Å²) in [6, 6.07) is 11.3. The second-order valence-corrected chi connectivity index (χ2v) is 6.05. The van der Waals surface area contributed by atoms with E-state index in [1.807, 2.05) is 12.3 Å². The van der Waals surface area contributed by atoms with Crippen molar-refractivity contribution in [3.05, 3.63) is 42.1 Å². The van der Waals surface area contributed by atoms with Crippen molar-refractivity contribution in [2.75, 3.05) is 20.1 Å². The summed E-state index contributed by atoms with van der Waals surface area (Å²) in [5.74, 6) is 0.718. The Bertz CT molecular complexity index is 581. The van der Waals surface area contributed by atoms with Gasteiger partial charge in [-0.25, -0.2) is 0 Å². The van der Waals surface area contributed by atoms with Gasteiger partial charge in [-0.2, -0.15) is 0 Å². The molecule has 1 fully saturated rings. The van der Waals surface area contributed by atoms with Gasteiger partial charge in [0.25, 0.3) is 0 Å². The van der Waals surface area contributed by atoms with Gasteiger partial charge in [0.1, 0.15) is 0 Å². The van der Waals surface area contributed by atoms with Crippen molar-refractivity contribution in [2.24, 2.45) is 5.92 Å². The number of nitrogens with zero attached hydrogens (tertiary/aromatic N) is 2. The Morgan fingerprint density at radius 1 is 1.35 bits per heavy atom. The topological polar surface area (TPSA) is 28.2 Å². The van der Waals surface area contributed by atoms with Crippen LogP contribution in [-0.4, -0.2) is 36.1 Å². The maximum atomic E-state index is 4.37. The minimum Gasteiger partial charge on any atom is -0.310 e. The first-order valence-electron chi connectivity index (χ1n) is 7.48. The maximum Gasteiger partial charge on any atom is 0.0702 e. The summed E-state index contributed by atoms with van der Waals surface area (Å²) in [6.07, 6.45) is 3.09. The maximum absolute atomic E-state index is 4.37. The number of benzene rings is 1. The number of nitrogens with one attached hydrogen (secondary N) is 1. The summed E-state index contributed by atoms with van der Waals surface area (Å²) in [4.78, 5) is 6.79. The Hall–Kier alpha value is -1.45. The van der Waals surface area contributed by atoms with E-state index in [1.165, 1.54) is 30.5 Å². The van der Waals surface area contributed by atoms with Crippen LogP contribution in [0.4, 0.5) is 0 Å². The zero-order valence-corrected chi connectivity index (χ0v) is 12.3. The second-order valence-electron chi connectivity index (χ2n) is 6.05. The molecule has 1 saturated heterocycles. The Labute approximate surface area is 121 Å². The number of fused-ring (bicyclic) bond motifs is 1.